The van der Waals surface area contributed by atoms with E-state index in [1.165, 1.54) is 29.7 Å². The molecule has 21 heavy (non-hydrogen) atoms. The second kappa shape index (κ2) is 5.94. The summed E-state index contributed by atoms with van der Waals surface area (Å²) >= 11 is 0. The molecule has 110 valence electrons. The molecule has 2 aromatic carbocycles. The Balaban J connectivity index is 2.01. The molecule has 0 amide bonds. The Kier molecular flexibility index (Phi) is 4.02. The lowest BCUT2D eigenvalue weighted by atomic mass is 9.95. The number of rotatable bonds is 4. The van der Waals surface area contributed by atoms with Crippen LogP contribution in [0.4, 0.5) is 8.78 Å². The van der Waals surface area contributed by atoms with Crippen LogP contribution in [-0.2, 0) is 12.8 Å². The number of aryl methyl sites for hydroxylation is 2. The second-order valence-electron chi connectivity index (χ2n) is 5.54. The normalized spacial score (nSPS) is 15.0. The third kappa shape index (κ3) is 2.84. The lowest BCUT2D eigenvalue weighted by Crippen LogP contribution is -2.23. The Bertz CT molecular complexity index is 652. The summed E-state index contributed by atoms with van der Waals surface area (Å²) in [5, 5.41) is 3.30. The Morgan fingerprint density at radius 2 is 1.86 bits per heavy atom. The number of fused-ring (bicyclic) bond motifs is 1. The summed E-state index contributed by atoms with van der Waals surface area (Å²) < 4.78 is 27.2. The van der Waals surface area contributed by atoms with Gasteiger partial charge >= 0.3 is 0 Å². The highest BCUT2D eigenvalue weighted by Gasteiger charge is 2.20. The van der Waals surface area contributed by atoms with Gasteiger partial charge in [0.25, 0.3) is 0 Å². The van der Waals surface area contributed by atoms with Crippen molar-refractivity contribution in [1.82, 2.24) is 5.32 Å². The maximum Gasteiger partial charge on any atom is 0.131 e. The van der Waals surface area contributed by atoms with E-state index in [4.69, 9.17) is 0 Å². The minimum atomic E-state index is -0.541. The van der Waals surface area contributed by atoms with E-state index < -0.39 is 11.6 Å². The van der Waals surface area contributed by atoms with Crippen LogP contribution < -0.4 is 5.32 Å². The predicted molar refractivity (Wildman–Crippen MR) is 80.3 cm³/mol. The predicted octanol–water partition coefficient (Wildman–Crippen LogP) is 4.15. The van der Waals surface area contributed by atoms with Crippen molar-refractivity contribution in [2.24, 2.45) is 0 Å². The molecule has 0 heterocycles. The van der Waals surface area contributed by atoms with Crippen LogP contribution in [-0.4, -0.2) is 6.54 Å². The molecule has 3 rings (SSSR count). The van der Waals surface area contributed by atoms with Gasteiger partial charge in [-0.1, -0.05) is 31.2 Å². The first-order valence-corrected chi connectivity index (χ1v) is 7.49. The van der Waals surface area contributed by atoms with Crippen LogP contribution in [0.25, 0.3) is 0 Å². The van der Waals surface area contributed by atoms with Crippen LogP contribution in [0.3, 0.4) is 0 Å². The zero-order valence-corrected chi connectivity index (χ0v) is 12.1. The third-order valence-corrected chi connectivity index (χ3v) is 4.14. The lowest BCUT2D eigenvalue weighted by Gasteiger charge is -2.20. The van der Waals surface area contributed by atoms with Gasteiger partial charge in [0, 0.05) is 11.6 Å². The van der Waals surface area contributed by atoms with E-state index in [9.17, 15) is 8.78 Å². The first-order valence-electron chi connectivity index (χ1n) is 7.49. The van der Waals surface area contributed by atoms with Gasteiger partial charge in [0.1, 0.15) is 11.6 Å². The smallest absolute Gasteiger partial charge is 0.131 e. The molecule has 1 N–H and O–H groups in total. The molecule has 3 heteroatoms. The van der Waals surface area contributed by atoms with Crippen molar-refractivity contribution in [3.05, 3.63) is 70.3 Å². The van der Waals surface area contributed by atoms with Crippen LogP contribution in [0.2, 0.25) is 0 Å². The molecule has 0 saturated carbocycles. The van der Waals surface area contributed by atoms with E-state index in [-0.39, 0.29) is 6.04 Å². The van der Waals surface area contributed by atoms with E-state index in [0.29, 0.717) is 5.56 Å². The quantitative estimate of drug-likeness (QED) is 0.890. The van der Waals surface area contributed by atoms with E-state index in [0.717, 1.165) is 31.0 Å². The largest absolute Gasteiger partial charge is 0.306 e. The molecule has 0 saturated heterocycles. The summed E-state index contributed by atoms with van der Waals surface area (Å²) in [5.74, 6) is -1.04. The lowest BCUT2D eigenvalue weighted by molar-refractivity contribution is 0.541. The molecule has 0 fully saturated rings. The van der Waals surface area contributed by atoms with Crippen molar-refractivity contribution in [2.75, 3.05) is 6.54 Å². The maximum atomic E-state index is 14.1. The average Bonchev–Trinajstić information content (AvgIpc) is 2.93. The summed E-state index contributed by atoms with van der Waals surface area (Å²) in [6.45, 7) is 2.71. The molecular formula is C18H19F2N. The van der Waals surface area contributed by atoms with Gasteiger partial charge in [-0.05, 0) is 48.6 Å². The molecule has 1 atom stereocenters. The van der Waals surface area contributed by atoms with Crippen LogP contribution in [0, 0.1) is 11.6 Å². The molecule has 0 spiro atoms. The van der Waals surface area contributed by atoms with Gasteiger partial charge < -0.3 is 5.32 Å². The van der Waals surface area contributed by atoms with E-state index in [1.807, 2.05) is 6.92 Å². The summed E-state index contributed by atoms with van der Waals surface area (Å²) in [7, 11) is 0. The molecule has 1 nitrogen and oxygen atoms in total. The number of benzene rings is 2. The standard InChI is InChI=1S/C18H19F2N/c1-2-21-18(16-9-8-15(19)11-17(16)20)14-7-6-12-4-3-5-13(12)10-14/h6-11,18,21H,2-5H2,1H3. The summed E-state index contributed by atoms with van der Waals surface area (Å²) in [5.41, 5.74) is 4.30. The highest BCUT2D eigenvalue weighted by atomic mass is 19.1. The van der Waals surface area contributed by atoms with Crippen LogP contribution >= 0.6 is 0 Å². The van der Waals surface area contributed by atoms with Crippen LogP contribution in [0.15, 0.2) is 36.4 Å². The molecular weight excluding hydrogens is 268 g/mol. The zero-order chi connectivity index (χ0) is 14.8. The maximum absolute atomic E-state index is 14.1. The topological polar surface area (TPSA) is 12.0 Å². The molecule has 0 bridgehead atoms. The van der Waals surface area contributed by atoms with Gasteiger partial charge in [-0.3, -0.25) is 0 Å². The number of hydrogen-bond donors (Lipinski definition) is 1. The fraction of sp³-hybridized carbons (Fsp3) is 0.333. The van der Waals surface area contributed by atoms with E-state index in [2.05, 4.69) is 23.5 Å². The van der Waals surface area contributed by atoms with Crippen molar-refractivity contribution in [1.29, 1.82) is 0 Å². The van der Waals surface area contributed by atoms with Crippen molar-refractivity contribution in [3.8, 4) is 0 Å². The highest BCUT2D eigenvalue weighted by Crippen LogP contribution is 2.29. The summed E-state index contributed by atoms with van der Waals surface area (Å²) in [4.78, 5) is 0. The number of hydrogen-bond acceptors (Lipinski definition) is 1. The van der Waals surface area contributed by atoms with Crippen LogP contribution in [0.5, 0.6) is 0 Å². The number of halogens is 2. The van der Waals surface area contributed by atoms with Gasteiger partial charge in [0.15, 0.2) is 0 Å². The van der Waals surface area contributed by atoms with Gasteiger partial charge in [-0.15, -0.1) is 0 Å². The average molecular weight is 287 g/mol. The summed E-state index contributed by atoms with van der Waals surface area (Å²) in [6.07, 6.45) is 3.41. The van der Waals surface area contributed by atoms with Crippen molar-refractivity contribution >= 4 is 0 Å². The Labute approximate surface area is 124 Å². The van der Waals surface area contributed by atoms with Gasteiger partial charge in [0.05, 0.1) is 6.04 Å². The molecule has 0 radical (unpaired) electrons. The Morgan fingerprint density at radius 1 is 1.05 bits per heavy atom. The fourth-order valence-electron chi connectivity index (χ4n) is 3.12. The minimum Gasteiger partial charge on any atom is -0.306 e. The first-order chi connectivity index (χ1) is 10.2. The molecule has 1 aliphatic rings. The molecule has 0 aliphatic heterocycles. The van der Waals surface area contributed by atoms with Crippen molar-refractivity contribution in [2.45, 2.75) is 32.2 Å². The van der Waals surface area contributed by atoms with Crippen LogP contribution in [0.1, 0.15) is 41.6 Å². The first kappa shape index (κ1) is 14.2. The molecule has 0 aromatic heterocycles. The number of nitrogens with one attached hydrogen (secondary N) is 1. The van der Waals surface area contributed by atoms with E-state index >= 15 is 0 Å². The van der Waals surface area contributed by atoms with Gasteiger partial charge in [-0.2, -0.15) is 0 Å². The SMILES string of the molecule is CCNC(c1ccc2c(c1)CCC2)c1ccc(F)cc1F. The Morgan fingerprint density at radius 3 is 2.62 bits per heavy atom. The molecule has 2 aromatic rings. The minimum absolute atomic E-state index is 0.235. The van der Waals surface area contributed by atoms with Gasteiger partial charge in [-0.25, -0.2) is 8.78 Å². The second-order valence-corrected chi connectivity index (χ2v) is 5.54. The van der Waals surface area contributed by atoms with E-state index in [1.54, 1.807) is 0 Å². The highest BCUT2D eigenvalue weighted by molar-refractivity contribution is 5.40. The fourth-order valence-corrected chi connectivity index (χ4v) is 3.12. The van der Waals surface area contributed by atoms with Crippen molar-refractivity contribution < 1.29 is 8.78 Å². The summed E-state index contributed by atoms with van der Waals surface area (Å²) in [6, 6.07) is 9.93. The van der Waals surface area contributed by atoms with Crippen molar-refractivity contribution in [3.63, 3.8) is 0 Å². The van der Waals surface area contributed by atoms with Gasteiger partial charge in [0.2, 0.25) is 0 Å². The monoisotopic (exact) mass is 287 g/mol. The third-order valence-electron chi connectivity index (χ3n) is 4.14. The molecule has 1 aliphatic carbocycles. The zero-order valence-electron chi connectivity index (χ0n) is 12.1. The Hall–Kier alpha value is -1.74. The molecule has 1 unspecified atom stereocenters.